The maximum Gasteiger partial charge on any atom is 0.126 e. The van der Waals surface area contributed by atoms with Gasteiger partial charge >= 0.3 is 0 Å². The van der Waals surface area contributed by atoms with Crippen LogP contribution < -0.4 is 5.32 Å². The van der Waals surface area contributed by atoms with Gasteiger partial charge in [-0.2, -0.15) is 5.10 Å². The number of halogens is 2. The average molecular weight is 251 g/mol. The molecule has 0 radical (unpaired) electrons. The van der Waals surface area contributed by atoms with Crippen molar-refractivity contribution >= 4 is 0 Å². The van der Waals surface area contributed by atoms with Gasteiger partial charge in [-0.1, -0.05) is 0 Å². The van der Waals surface area contributed by atoms with Crippen molar-refractivity contribution in [2.45, 2.75) is 19.5 Å². The molecule has 5 heteroatoms. The van der Waals surface area contributed by atoms with Crippen molar-refractivity contribution in [2.75, 3.05) is 7.05 Å². The molecule has 0 amide bonds. The minimum absolute atomic E-state index is 0.280. The molecular formula is C13H15F2N3. The number of aromatic nitrogens is 2. The molecule has 0 spiro atoms. The first-order valence-corrected chi connectivity index (χ1v) is 5.80. The van der Waals surface area contributed by atoms with Crippen LogP contribution in [0, 0.1) is 11.6 Å². The molecule has 18 heavy (non-hydrogen) atoms. The summed E-state index contributed by atoms with van der Waals surface area (Å²) in [5, 5.41) is 7.22. The molecule has 0 bridgehead atoms. The lowest BCUT2D eigenvalue weighted by molar-refractivity contribution is 0.546. The first-order valence-electron chi connectivity index (χ1n) is 5.80. The predicted octanol–water partition coefficient (Wildman–Crippen LogP) is 2.49. The molecule has 0 aliphatic heterocycles. The minimum Gasteiger partial charge on any atom is -0.308 e. The summed E-state index contributed by atoms with van der Waals surface area (Å²) in [4.78, 5) is 0. The second kappa shape index (κ2) is 5.27. The average Bonchev–Trinajstić information content (AvgIpc) is 2.77. The standard InChI is InChI=1S/C13H15F2N3/c1-3-18-12(4-5-17-18)13(16-2)9-6-10(14)8-11(15)7-9/h4-8,13,16H,3H2,1-2H3. The van der Waals surface area contributed by atoms with E-state index in [0.29, 0.717) is 12.1 Å². The highest BCUT2D eigenvalue weighted by Gasteiger charge is 2.17. The van der Waals surface area contributed by atoms with Gasteiger partial charge in [0.25, 0.3) is 0 Å². The highest BCUT2D eigenvalue weighted by atomic mass is 19.1. The topological polar surface area (TPSA) is 29.9 Å². The fourth-order valence-corrected chi connectivity index (χ4v) is 2.08. The van der Waals surface area contributed by atoms with E-state index >= 15 is 0 Å². The number of nitrogens with one attached hydrogen (secondary N) is 1. The predicted molar refractivity (Wildman–Crippen MR) is 65.2 cm³/mol. The number of aryl methyl sites for hydroxylation is 1. The molecule has 0 aliphatic carbocycles. The van der Waals surface area contributed by atoms with Gasteiger partial charge in [-0.15, -0.1) is 0 Å². The van der Waals surface area contributed by atoms with E-state index in [1.807, 2.05) is 13.0 Å². The molecule has 1 unspecified atom stereocenters. The summed E-state index contributed by atoms with van der Waals surface area (Å²) in [5.74, 6) is -1.15. The van der Waals surface area contributed by atoms with Crippen LogP contribution in [0.15, 0.2) is 30.5 Å². The second-order valence-electron chi connectivity index (χ2n) is 4.00. The molecule has 1 atom stereocenters. The molecule has 3 nitrogen and oxygen atoms in total. The number of rotatable bonds is 4. The lowest BCUT2D eigenvalue weighted by Gasteiger charge is -2.18. The molecule has 1 aromatic carbocycles. The molecule has 2 aromatic rings. The van der Waals surface area contributed by atoms with Gasteiger partial charge in [0, 0.05) is 18.8 Å². The Hall–Kier alpha value is -1.75. The van der Waals surface area contributed by atoms with Crippen LogP contribution in [-0.4, -0.2) is 16.8 Å². The maximum atomic E-state index is 13.3. The number of hydrogen-bond acceptors (Lipinski definition) is 2. The summed E-state index contributed by atoms with van der Waals surface area (Å²) < 4.78 is 28.3. The zero-order valence-electron chi connectivity index (χ0n) is 10.3. The summed E-state index contributed by atoms with van der Waals surface area (Å²) in [6, 6.07) is 5.09. The van der Waals surface area contributed by atoms with Crippen LogP contribution in [0.1, 0.15) is 24.2 Å². The van der Waals surface area contributed by atoms with Gasteiger partial charge in [-0.25, -0.2) is 8.78 Å². The fourth-order valence-electron chi connectivity index (χ4n) is 2.08. The Balaban J connectivity index is 2.45. The number of hydrogen-bond donors (Lipinski definition) is 1. The molecule has 0 saturated carbocycles. The van der Waals surface area contributed by atoms with Crippen molar-refractivity contribution in [1.82, 2.24) is 15.1 Å². The molecule has 0 fully saturated rings. The molecule has 0 saturated heterocycles. The third kappa shape index (κ3) is 2.41. The Kier molecular flexibility index (Phi) is 3.72. The van der Waals surface area contributed by atoms with Gasteiger partial charge in [-0.05, 0) is 37.7 Å². The Morgan fingerprint density at radius 2 is 1.94 bits per heavy atom. The van der Waals surface area contributed by atoms with Crippen LogP contribution >= 0.6 is 0 Å². The summed E-state index contributed by atoms with van der Waals surface area (Å²) in [5.41, 5.74) is 1.43. The quantitative estimate of drug-likeness (QED) is 0.904. The zero-order chi connectivity index (χ0) is 13.1. The Morgan fingerprint density at radius 1 is 1.28 bits per heavy atom. The summed E-state index contributed by atoms with van der Waals surface area (Å²) in [6.45, 7) is 2.67. The van der Waals surface area contributed by atoms with E-state index in [0.717, 1.165) is 11.8 Å². The van der Waals surface area contributed by atoms with E-state index in [4.69, 9.17) is 0 Å². The van der Waals surface area contributed by atoms with Crippen LogP contribution in [0.3, 0.4) is 0 Å². The first-order chi connectivity index (χ1) is 8.65. The van der Waals surface area contributed by atoms with Crippen LogP contribution in [0.5, 0.6) is 0 Å². The summed E-state index contributed by atoms with van der Waals surface area (Å²) in [6.07, 6.45) is 1.68. The van der Waals surface area contributed by atoms with Crippen LogP contribution in [0.25, 0.3) is 0 Å². The van der Waals surface area contributed by atoms with Gasteiger partial charge in [0.1, 0.15) is 11.6 Å². The van der Waals surface area contributed by atoms with Crippen LogP contribution in [-0.2, 0) is 6.54 Å². The van der Waals surface area contributed by atoms with Crippen LogP contribution in [0.2, 0.25) is 0 Å². The number of nitrogens with zero attached hydrogens (tertiary/aromatic N) is 2. The smallest absolute Gasteiger partial charge is 0.126 e. The lowest BCUT2D eigenvalue weighted by Crippen LogP contribution is -2.21. The molecule has 96 valence electrons. The molecular weight excluding hydrogens is 236 g/mol. The van der Waals surface area contributed by atoms with Gasteiger partial charge in [0.05, 0.1) is 11.7 Å². The van der Waals surface area contributed by atoms with E-state index in [-0.39, 0.29) is 6.04 Å². The summed E-state index contributed by atoms with van der Waals surface area (Å²) >= 11 is 0. The highest BCUT2D eigenvalue weighted by molar-refractivity contribution is 5.28. The van der Waals surface area contributed by atoms with E-state index in [2.05, 4.69) is 10.4 Å². The molecule has 2 rings (SSSR count). The Morgan fingerprint density at radius 3 is 2.50 bits per heavy atom. The van der Waals surface area contributed by atoms with E-state index in [1.54, 1.807) is 17.9 Å². The van der Waals surface area contributed by atoms with Crippen molar-refractivity contribution in [3.8, 4) is 0 Å². The van der Waals surface area contributed by atoms with Gasteiger partial charge in [0.15, 0.2) is 0 Å². The van der Waals surface area contributed by atoms with Crippen molar-refractivity contribution in [3.05, 3.63) is 53.4 Å². The Labute approximate surface area is 104 Å². The second-order valence-corrected chi connectivity index (χ2v) is 4.00. The number of benzene rings is 1. The third-order valence-electron chi connectivity index (χ3n) is 2.85. The monoisotopic (exact) mass is 251 g/mol. The minimum atomic E-state index is -0.576. The molecule has 1 heterocycles. The first kappa shape index (κ1) is 12.7. The van der Waals surface area contributed by atoms with Gasteiger partial charge < -0.3 is 5.32 Å². The van der Waals surface area contributed by atoms with E-state index in [9.17, 15) is 8.78 Å². The molecule has 0 aliphatic rings. The van der Waals surface area contributed by atoms with E-state index in [1.165, 1.54) is 12.1 Å². The van der Waals surface area contributed by atoms with Crippen LogP contribution in [0.4, 0.5) is 8.78 Å². The van der Waals surface area contributed by atoms with Crippen molar-refractivity contribution in [2.24, 2.45) is 0 Å². The highest BCUT2D eigenvalue weighted by Crippen LogP contribution is 2.23. The molecule has 1 N–H and O–H groups in total. The van der Waals surface area contributed by atoms with Crippen molar-refractivity contribution < 1.29 is 8.78 Å². The largest absolute Gasteiger partial charge is 0.308 e. The van der Waals surface area contributed by atoms with Gasteiger partial charge in [0.2, 0.25) is 0 Å². The maximum absolute atomic E-state index is 13.3. The Bertz CT molecular complexity index is 517. The normalized spacial score (nSPS) is 12.7. The third-order valence-corrected chi connectivity index (χ3v) is 2.85. The zero-order valence-corrected chi connectivity index (χ0v) is 10.3. The summed E-state index contributed by atoms with van der Waals surface area (Å²) in [7, 11) is 1.75. The SMILES string of the molecule is CCn1nccc1C(NC)c1cc(F)cc(F)c1. The lowest BCUT2D eigenvalue weighted by atomic mass is 10.0. The van der Waals surface area contributed by atoms with Crippen molar-refractivity contribution in [1.29, 1.82) is 0 Å². The van der Waals surface area contributed by atoms with Crippen molar-refractivity contribution in [3.63, 3.8) is 0 Å². The molecule has 1 aromatic heterocycles. The fraction of sp³-hybridized carbons (Fsp3) is 0.308. The van der Waals surface area contributed by atoms with E-state index < -0.39 is 11.6 Å². The van der Waals surface area contributed by atoms with Gasteiger partial charge in [-0.3, -0.25) is 4.68 Å².